The topological polar surface area (TPSA) is 441 Å². The van der Waals surface area contributed by atoms with E-state index in [0.29, 0.717) is 0 Å². The highest BCUT2D eigenvalue weighted by atomic mass is 35.5. The molecule has 86 heavy (non-hydrogen) atoms. The van der Waals surface area contributed by atoms with Crippen LogP contribution in [0.4, 0.5) is 0 Å². The van der Waals surface area contributed by atoms with Crippen LogP contribution in [0.3, 0.4) is 0 Å². The third kappa shape index (κ3) is 11.7. The second-order valence-electron chi connectivity index (χ2n) is 20.0. The van der Waals surface area contributed by atoms with E-state index >= 15 is 9.59 Å². The zero-order valence-corrected chi connectivity index (χ0v) is 45.3. The number of ether oxygens (including phenoxy) is 3. The minimum atomic E-state index is -2.19. The number of aliphatic hydroxyl groups is 1. The van der Waals surface area contributed by atoms with Crippen LogP contribution < -0.4 is 52.3 Å². The lowest BCUT2D eigenvalue weighted by Gasteiger charge is -2.31. The summed E-state index contributed by atoms with van der Waals surface area (Å²) in [5.41, 5.74) is 10.7. The van der Waals surface area contributed by atoms with Crippen LogP contribution in [0, 0.1) is 0 Å². The number of carboxylic acid groups (broad SMARTS) is 2. The summed E-state index contributed by atoms with van der Waals surface area (Å²) in [6, 6.07) is 7.57. The first kappa shape index (κ1) is 58.7. The zero-order chi connectivity index (χ0) is 61.7. The second kappa shape index (κ2) is 23.3. The molecule has 0 aliphatic carbocycles. The molecule has 5 heterocycles. The summed E-state index contributed by atoms with van der Waals surface area (Å²) < 4.78 is 18.2. The molecule has 26 nitrogen and oxygen atoms in total. The number of benzene rings is 7. The van der Waals surface area contributed by atoms with E-state index in [2.05, 4.69) is 26.6 Å². The minimum absolute atomic E-state index is 0.0192. The van der Waals surface area contributed by atoms with Crippen LogP contribution in [-0.4, -0.2) is 99.5 Å². The smallest absolute Gasteiger partial charge is 0.330 e. The molecule has 15 bridgehead atoms. The number of hydrogen-bond donors (Lipinski definition) is 16. The van der Waals surface area contributed by atoms with E-state index in [9.17, 15) is 69.9 Å². The SMILES string of the molecule is N[C@@H]1C(=O)N[C@H]2C(=O)N[C@H]3C(=O)N[C@H](C(=O)N[C@H](C(=O)O)c4cc(O)cc(O)c4-c4cc3ccc4O)[C@H](O)c3ccc(c(Cl)c3)Oc3cc2cc(c3O)Oc2ccc(cc2Cl)C[C@H](C(=O)O)NC(=O)[C@H](N)c2ccc(O)c(c2)Oc2cc(O)cc1c2. The monoisotopic (exact) mass is 1220 g/mol. The highest BCUT2D eigenvalue weighted by Crippen LogP contribution is 2.48. The molecule has 5 amide bonds. The van der Waals surface area contributed by atoms with Gasteiger partial charge in [0.1, 0.15) is 82.6 Å². The molecule has 0 radical (unpaired) electrons. The van der Waals surface area contributed by atoms with Crippen molar-refractivity contribution in [3.8, 4) is 80.1 Å². The second-order valence-corrected chi connectivity index (χ2v) is 20.8. The van der Waals surface area contributed by atoms with E-state index in [0.717, 1.165) is 84.9 Å². The first-order valence-corrected chi connectivity index (χ1v) is 26.3. The molecule has 7 aromatic rings. The number of phenols is 6. The van der Waals surface area contributed by atoms with Crippen LogP contribution in [0.15, 0.2) is 115 Å². The molecule has 0 unspecified atom stereocenters. The predicted molar refractivity (Wildman–Crippen MR) is 299 cm³/mol. The van der Waals surface area contributed by atoms with Crippen molar-refractivity contribution in [2.75, 3.05) is 0 Å². The standard InChI is InChI=1S/C58H47Cl2N7O19/c59-32-9-21-1-7-38(32)85-41-16-26-17-42(51(41)74)86-39-8-4-24(14-33(39)60)50(73)49-56(79)66-48(58(82)83)31-19-28(69)20-37(72)43(31)30-13-23(3-5-35(30)70)46(54(77)67-49)65-55(78)47(26)64-53(76)45(62)25-11-27(68)18-29(12-25)84-40-15-22(2-6-36(40)71)44(61)52(75)63-34(10-21)57(80)81/h1-9,11-20,34,44-50,68-74H,10,61-62H2,(H,63,75)(H,64,76)(H,65,78)(H,66,79)(H,67,77)(H,80,81)(H,82,83)/t34-,44-,45+,46-,47-,48+,49+,50-/m1/s1. The van der Waals surface area contributed by atoms with Gasteiger partial charge in [0.05, 0.1) is 10.0 Å². The van der Waals surface area contributed by atoms with Gasteiger partial charge in [-0.25, -0.2) is 9.59 Å². The molecule has 18 N–H and O–H groups in total. The molecular weight excluding hydrogens is 1170 g/mol. The van der Waals surface area contributed by atoms with Crippen LogP contribution in [-0.2, 0) is 40.0 Å². The molecule has 442 valence electrons. The highest BCUT2D eigenvalue weighted by Gasteiger charge is 2.40. The molecule has 8 atom stereocenters. The number of phenolic OH excluding ortho intramolecular Hbond substituents is 6. The molecule has 0 fully saturated rings. The average Bonchev–Trinajstić information content (AvgIpc) is 1.96. The number of hydrogen-bond acceptors (Lipinski definition) is 19. The first-order valence-electron chi connectivity index (χ1n) is 25.5. The number of aliphatic carboxylic acids is 2. The van der Waals surface area contributed by atoms with E-state index in [1.54, 1.807) is 0 Å². The zero-order valence-electron chi connectivity index (χ0n) is 43.8. The lowest BCUT2D eigenvalue weighted by atomic mass is 9.89. The third-order valence-electron chi connectivity index (χ3n) is 14.2. The van der Waals surface area contributed by atoms with Crippen LogP contribution in [0.5, 0.6) is 69.0 Å². The Morgan fingerprint density at radius 2 is 1.07 bits per heavy atom. The molecule has 0 aromatic heterocycles. The Hall–Kier alpha value is -10.5. The van der Waals surface area contributed by atoms with Gasteiger partial charge in [0, 0.05) is 35.2 Å². The van der Waals surface area contributed by atoms with E-state index in [4.69, 9.17) is 48.9 Å². The van der Waals surface area contributed by atoms with Gasteiger partial charge in [-0.05, 0) is 112 Å². The fourth-order valence-corrected chi connectivity index (χ4v) is 10.3. The number of carbonyl (C=O) groups is 7. The number of aromatic hydroxyl groups is 6. The number of nitrogens with one attached hydrogen (secondary N) is 5. The fourth-order valence-electron chi connectivity index (χ4n) is 9.84. The number of halogens is 2. The Morgan fingerprint density at radius 1 is 0.488 bits per heavy atom. The number of amides is 5. The normalized spacial score (nSPS) is 21.4. The number of nitrogens with two attached hydrogens (primary N) is 2. The van der Waals surface area contributed by atoms with Crippen LogP contribution in [0.2, 0.25) is 10.0 Å². The van der Waals surface area contributed by atoms with Crippen LogP contribution in [0.1, 0.15) is 75.3 Å². The average molecular weight is 1220 g/mol. The number of carbonyl (C=O) groups excluding carboxylic acids is 5. The number of rotatable bonds is 2. The Morgan fingerprint density at radius 3 is 1.74 bits per heavy atom. The highest BCUT2D eigenvalue weighted by molar-refractivity contribution is 6.32. The summed E-state index contributed by atoms with van der Waals surface area (Å²) in [7, 11) is 0. The van der Waals surface area contributed by atoms with Crippen LogP contribution in [0.25, 0.3) is 11.1 Å². The molecule has 28 heteroatoms. The quantitative estimate of drug-likeness (QED) is 0.109. The lowest BCUT2D eigenvalue weighted by Crippen LogP contribution is -2.55. The van der Waals surface area contributed by atoms with Gasteiger partial charge in [-0.1, -0.05) is 47.5 Å². The van der Waals surface area contributed by atoms with Gasteiger partial charge in [-0.2, -0.15) is 0 Å². The molecule has 7 aromatic carbocycles. The van der Waals surface area contributed by atoms with Gasteiger partial charge in [-0.15, -0.1) is 0 Å². The summed E-state index contributed by atoms with van der Waals surface area (Å²) in [5, 5.41) is 112. The summed E-state index contributed by atoms with van der Waals surface area (Å²) in [6.45, 7) is 0. The molecule has 0 saturated heterocycles. The van der Waals surface area contributed by atoms with Crippen molar-refractivity contribution < 1.29 is 93.7 Å². The number of aliphatic hydroxyl groups excluding tert-OH is 1. The molecule has 0 saturated carbocycles. The molecule has 5 aliphatic heterocycles. The third-order valence-corrected chi connectivity index (χ3v) is 14.8. The molecule has 5 aliphatic rings. The van der Waals surface area contributed by atoms with Gasteiger partial charge in [0.25, 0.3) is 0 Å². The fraction of sp³-hybridized carbons (Fsp3) is 0.155. The Labute approximate surface area is 493 Å². The lowest BCUT2D eigenvalue weighted by molar-refractivity contribution is -0.143. The largest absolute Gasteiger partial charge is 0.508 e. The summed E-state index contributed by atoms with van der Waals surface area (Å²) in [4.78, 5) is 99.0. The van der Waals surface area contributed by atoms with Gasteiger partial charge < -0.3 is 98.2 Å². The van der Waals surface area contributed by atoms with Crippen molar-refractivity contribution in [2.45, 2.75) is 54.8 Å². The van der Waals surface area contributed by atoms with Gasteiger partial charge in [0.15, 0.2) is 29.0 Å². The van der Waals surface area contributed by atoms with E-state index < -0.39 is 153 Å². The minimum Gasteiger partial charge on any atom is -0.508 e. The predicted octanol–water partition coefficient (Wildman–Crippen LogP) is 4.90. The van der Waals surface area contributed by atoms with E-state index in [1.807, 2.05) is 0 Å². The Kier molecular flexibility index (Phi) is 15.9. The molecule has 0 spiro atoms. The van der Waals surface area contributed by atoms with Crippen molar-refractivity contribution in [3.05, 3.63) is 164 Å². The Bertz CT molecular complexity index is 4020. The maximum atomic E-state index is 15.5. The first-order chi connectivity index (χ1) is 40.8. The Balaban J connectivity index is 1.18. The maximum Gasteiger partial charge on any atom is 0.330 e. The summed E-state index contributed by atoms with van der Waals surface area (Å²) >= 11 is 13.5. The maximum absolute atomic E-state index is 15.5. The van der Waals surface area contributed by atoms with Crippen molar-refractivity contribution in [1.29, 1.82) is 0 Å². The van der Waals surface area contributed by atoms with Crippen molar-refractivity contribution >= 4 is 64.7 Å². The number of carboxylic acids is 2. The number of fused-ring (bicyclic) bond motifs is 15. The van der Waals surface area contributed by atoms with Crippen molar-refractivity contribution in [2.24, 2.45) is 11.5 Å². The van der Waals surface area contributed by atoms with Gasteiger partial charge >= 0.3 is 11.9 Å². The van der Waals surface area contributed by atoms with Crippen molar-refractivity contribution in [1.82, 2.24) is 26.6 Å². The van der Waals surface area contributed by atoms with E-state index in [1.165, 1.54) is 30.3 Å². The van der Waals surface area contributed by atoms with E-state index in [-0.39, 0.29) is 72.8 Å². The van der Waals surface area contributed by atoms with Crippen molar-refractivity contribution in [3.63, 3.8) is 0 Å². The van der Waals surface area contributed by atoms with Gasteiger partial charge in [0.2, 0.25) is 35.3 Å². The van der Waals surface area contributed by atoms with Crippen LogP contribution >= 0.6 is 23.2 Å². The molecular formula is C58H47Cl2N7O19. The summed E-state index contributed by atoms with van der Waals surface area (Å²) in [6.07, 6.45) is -2.51. The summed E-state index contributed by atoms with van der Waals surface area (Å²) in [5.74, 6) is -15.7. The molecule has 12 rings (SSSR count). The van der Waals surface area contributed by atoms with Gasteiger partial charge in [-0.3, -0.25) is 24.0 Å².